The molecular weight excluding hydrogens is 204 g/mol. The van der Waals surface area contributed by atoms with E-state index in [2.05, 4.69) is 78.0 Å². The molecule has 17 heavy (non-hydrogen) atoms. The molecule has 0 saturated heterocycles. The van der Waals surface area contributed by atoms with E-state index in [1.165, 1.54) is 17.6 Å². The van der Waals surface area contributed by atoms with Crippen molar-refractivity contribution in [3.8, 4) is 0 Å². The number of hydrogen-bond acceptors (Lipinski definition) is 0. The van der Waals surface area contributed by atoms with Crippen LogP contribution in [0.3, 0.4) is 0 Å². The van der Waals surface area contributed by atoms with Gasteiger partial charge in [0.15, 0.2) is 0 Å². The van der Waals surface area contributed by atoms with E-state index >= 15 is 0 Å². The van der Waals surface area contributed by atoms with Crippen molar-refractivity contribution >= 4 is 5.57 Å². The Bertz CT molecular complexity index is 374. The van der Waals surface area contributed by atoms with Gasteiger partial charge in [-0.1, -0.05) is 71.0 Å². The van der Waals surface area contributed by atoms with Gasteiger partial charge in [0.2, 0.25) is 0 Å². The van der Waals surface area contributed by atoms with E-state index in [0.29, 0.717) is 5.41 Å². The first-order valence-corrected chi connectivity index (χ1v) is 6.45. The molecule has 1 rings (SSSR count). The quantitative estimate of drug-likeness (QED) is 0.638. The number of rotatable bonds is 3. The van der Waals surface area contributed by atoms with Crippen LogP contribution < -0.4 is 0 Å². The van der Waals surface area contributed by atoms with Gasteiger partial charge in [0, 0.05) is 0 Å². The van der Waals surface area contributed by atoms with Gasteiger partial charge >= 0.3 is 0 Å². The molecule has 0 aromatic heterocycles. The molecule has 0 heteroatoms. The number of hydrogen-bond donors (Lipinski definition) is 0. The minimum atomic E-state index is 0.248. The summed E-state index contributed by atoms with van der Waals surface area (Å²) in [7, 11) is 0. The van der Waals surface area contributed by atoms with Gasteiger partial charge in [0.05, 0.1) is 0 Å². The van der Waals surface area contributed by atoms with Crippen molar-refractivity contribution in [1.82, 2.24) is 0 Å². The van der Waals surface area contributed by atoms with Crippen LogP contribution in [-0.4, -0.2) is 0 Å². The summed E-state index contributed by atoms with van der Waals surface area (Å²) in [5.74, 6) is 0. The van der Waals surface area contributed by atoms with Crippen LogP contribution in [0.25, 0.3) is 5.57 Å². The topological polar surface area (TPSA) is 0 Å². The number of allylic oxidation sites excluding steroid dienone is 2. The summed E-state index contributed by atoms with van der Waals surface area (Å²) in [5, 5.41) is 0. The largest absolute Gasteiger partial charge is 0.0753 e. The first kappa shape index (κ1) is 14.0. The summed E-state index contributed by atoms with van der Waals surface area (Å²) >= 11 is 0. The average Bonchev–Trinajstić information content (AvgIpc) is 2.14. The standard InChI is InChI=1S/C17H26/c1-14(15-10-8-7-9-11-15)12-17(5,6)13-16(2,3)4/h7-12H,13H2,1-6H3/b14-12+. The third kappa shape index (κ3) is 5.21. The summed E-state index contributed by atoms with van der Waals surface area (Å²) in [4.78, 5) is 0. The molecule has 0 aliphatic heterocycles. The van der Waals surface area contributed by atoms with Crippen molar-refractivity contribution < 1.29 is 0 Å². The minimum Gasteiger partial charge on any atom is -0.0753 e. The maximum absolute atomic E-state index is 2.41. The molecule has 0 aliphatic rings. The lowest BCUT2D eigenvalue weighted by molar-refractivity contribution is 0.262. The average molecular weight is 230 g/mol. The van der Waals surface area contributed by atoms with E-state index in [1.807, 2.05) is 0 Å². The van der Waals surface area contributed by atoms with Crippen molar-refractivity contribution in [3.63, 3.8) is 0 Å². The van der Waals surface area contributed by atoms with Gasteiger partial charge in [-0.25, -0.2) is 0 Å². The Morgan fingerprint density at radius 3 is 2.00 bits per heavy atom. The van der Waals surface area contributed by atoms with Crippen molar-refractivity contribution in [1.29, 1.82) is 0 Å². The highest BCUT2D eigenvalue weighted by Crippen LogP contribution is 2.36. The molecule has 1 aromatic carbocycles. The number of benzene rings is 1. The van der Waals surface area contributed by atoms with Crippen LogP contribution >= 0.6 is 0 Å². The lowest BCUT2D eigenvalue weighted by Crippen LogP contribution is -2.18. The molecule has 0 nitrogen and oxygen atoms in total. The van der Waals surface area contributed by atoms with Crippen LogP contribution in [0.5, 0.6) is 0 Å². The fourth-order valence-corrected chi connectivity index (χ4v) is 2.79. The SMILES string of the molecule is C/C(=C\C(C)(C)CC(C)(C)C)c1ccccc1. The van der Waals surface area contributed by atoms with Crippen LogP contribution in [-0.2, 0) is 0 Å². The highest BCUT2D eigenvalue weighted by molar-refractivity contribution is 5.64. The summed E-state index contributed by atoms with van der Waals surface area (Å²) in [6.45, 7) is 13.8. The molecule has 0 atom stereocenters. The van der Waals surface area contributed by atoms with Crippen LogP contribution in [0.15, 0.2) is 36.4 Å². The van der Waals surface area contributed by atoms with E-state index in [-0.39, 0.29) is 5.41 Å². The Labute approximate surface area is 107 Å². The van der Waals surface area contributed by atoms with Gasteiger partial charge in [-0.15, -0.1) is 0 Å². The Hall–Kier alpha value is -1.04. The summed E-state index contributed by atoms with van der Waals surface area (Å²) in [6, 6.07) is 10.6. The maximum atomic E-state index is 2.41. The lowest BCUT2D eigenvalue weighted by atomic mass is 9.75. The molecule has 0 N–H and O–H groups in total. The van der Waals surface area contributed by atoms with E-state index in [4.69, 9.17) is 0 Å². The summed E-state index contributed by atoms with van der Waals surface area (Å²) in [6.07, 6.45) is 3.61. The highest BCUT2D eigenvalue weighted by atomic mass is 14.3. The normalized spacial score (nSPS) is 13.9. The third-order valence-electron chi connectivity index (χ3n) is 2.82. The molecular formula is C17H26. The van der Waals surface area contributed by atoms with Crippen LogP contribution in [0.4, 0.5) is 0 Å². The Balaban J connectivity index is 2.88. The fraction of sp³-hybridized carbons (Fsp3) is 0.529. The first-order chi connectivity index (χ1) is 7.70. The second-order valence-corrected chi connectivity index (χ2v) is 6.92. The van der Waals surface area contributed by atoms with Crippen LogP contribution in [0, 0.1) is 10.8 Å². The van der Waals surface area contributed by atoms with Gasteiger partial charge in [-0.2, -0.15) is 0 Å². The van der Waals surface area contributed by atoms with Crippen LogP contribution in [0.2, 0.25) is 0 Å². The second kappa shape index (κ2) is 5.08. The zero-order chi connectivity index (χ0) is 13.1. The van der Waals surface area contributed by atoms with Gasteiger partial charge in [0.25, 0.3) is 0 Å². The molecule has 0 aliphatic carbocycles. The van der Waals surface area contributed by atoms with Gasteiger partial charge in [-0.05, 0) is 35.3 Å². The predicted molar refractivity (Wildman–Crippen MR) is 77.9 cm³/mol. The smallest absolute Gasteiger partial charge is 0.0164 e. The molecule has 94 valence electrons. The molecule has 1 aromatic rings. The van der Waals surface area contributed by atoms with E-state index < -0.39 is 0 Å². The molecule has 0 unspecified atom stereocenters. The van der Waals surface area contributed by atoms with Crippen molar-refractivity contribution in [2.24, 2.45) is 10.8 Å². The van der Waals surface area contributed by atoms with Gasteiger partial charge in [0.1, 0.15) is 0 Å². The molecule has 0 saturated carbocycles. The minimum absolute atomic E-state index is 0.248. The molecule has 0 bridgehead atoms. The van der Waals surface area contributed by atoms with E-state index in [1.54, 1.807) is 0 Å². The molecule has 0 radical (unpaired) electrons. The Morgan fingerprint density at radius 2 is 1.53 bits per heavy atom. The third-order valence-corrected chi connectivity index (χ3v) is 2.82. The van der Waals surface area contributed by atoms with Crippen molar-refractivity contribution in [2.45, 2.75) is 48.0 Å². The molecule has 0 heterocycles. The first-order valence-electron chi connectivity index (χ1n) is 6.45. The highest BCUT2D eigenvalue weighted by Gasteiger charge is 2.23. The van der Waals surface area contributed by atoms with Crippen molar-refractivity contribution in [2.75, 3.05) is 0 Å². The molecule has 0 spiro atoms. The van der Waals surface area contributed by atoms with E-state index in [0.717, 1.165) is 0 Å². The Kier molecular flexibility index (Phi) is 4.19. The van der Waals surface area contributed by atoms with Gasteiger partial charge < -0.3 is 0 Å². The maximum Gasteiger partial charge on any atom is -0.0164 e. The fourth-order valence-electron chi connectivity index (χ4n) is 2.79. The summed E-state index contributed by atoms with van der Waals surface area (Å²) < 4.78 is 0. The second-order valence-electron chi connectivity index (χ2n) is 6.92. The van der Waals surface area contributed by atoms with Gasteiger partial charge in [-0.3, -0.25) is 0 Å². The molecule has 0 amide bonds. The van der Waals surface area contributed by atoms with Crippen molar-refractivity contribution in [3.05, 3.63) is 42.0 Å². The molecule has 0 fully saturated rings. The predicted octanol–water partition coefficient (Wildman–Crippen LogP) is 5.55. The van der Waals surface area contributed by atoms with Crippen LogP contribution in [0.1, 0.15) is 53.5 Å². The Morgan fingerprint density at radius 1 is 1.00 bits per heavy atom. The van der Waals surface area contributed by atoms with E-state index in [9.17, 15) is 0 Å². The lowest BCUT2D eigenvalue weighted by Gasteiger charge is -2.30. The summed E-state index contributed by atoms with van der Waals surface area (Å²) in [5.41, 5.74) is 3.32. The monoisotopic (exact) mass is 230 g/mol. The zero-order valence-electron chi connectivity index (χ0n) is 12.2. The zero-order valence-corrected chi connectivity index (χ0v) is 12.2.